The summed E-state index contributed by atoms with van der Waals surface area (Å²) in [4.78, 5) is 21.0. The molecule has 2 heterocycles. The summed E-state index contributed by atoms with van der Waals surface area (Å²) < 4.78 is 1.54. The number of anilines is 1. The number of carbonyl (C=O) groups is 1. The molecule has 0 atom stereocenters. The van der Waals surface area contributed by atoms with Gasteiger partial charge in [-0.2, -0.15) is 5.10 Å². The maximum atomic E-state index is 12.6. The van der Waals surface area contributed by atoms with E-state index in [1.807, 2.05) is 38.1 Å². The molecule has 0 fully saturated rings. The van der Waals surface area contributed by atoms with Gasteiger partial charge in [-0.25, -0.2) is 14.6 Å². The molecular weight excluding hydrogens is 387 g/mol. The molecule has 1 aromatic carbocycles. The number of aryl methyl sites for hydroxylation is 3. The highest BCUT2D eigenvalue weighted by molar-refractivity contribution is 6.33. The van der Waals surface area contributed by atoms with Gasteiger partial charge in [-0.3, -0.25) is 15.6 Å². The van der Waals surface area contributed by atoms with E-state index < -0.39 is 5.91 Å². The van der Waals surface area contributed by atoms with Crippen molar-refractivity contribution in [3.63, 3.8) is 0 Å². The molecule has 7 nitrogen and oxygen atoms in total. The maximum Gasteiger partial charge on any atom is 0.274 e. The lowest BCUT2D eigenvalue weighted by atomic mass is 10.2. The average Bonchev–Trinajstić information content (AvgIpc) is 2.88. The van der Waals surface area contributed by atoms with E-state index >= 15 is 0 Å². The van der Waals surface area contributed by atoms with Crippen LogP contribution in [0.5, 0.6) is 0 Å². The van der Waals surface area contributed by atoms with E-state index in [9.17, 15) is 4.79 Å². The van der Waals surface area contributed by atoms with Crippen molar-refractivity contribution in [3.8, 4) is 0 Å². The Hall–Kier alpha value is -2.64. The monoisotopic (exact) mass is 404 g/mol. The van der Waals surface area contributed by atoms with Crippen molar-refractivity contribution in [2.75, 3.05) is 5.43 Å². The van der Waals surface area contributed by atoms with Crippen LogP contribution in [-0.4, -0.2) is 25.7 Å². The normalized spacial score (nSPS) is 10.7. The van der Waals surface area contributed by atoms with Crippen molar-refractivity contribution in [1.82, 2.24) is 25.2 Å². The highest BCUT2D eigenvalue weighted by atomic mass is 35.5. The predicted molar refractivity (Wildman–Crippen MR) is 105 cm³/mol. The van der Waals surface area contributed by atoms with Gasteiger partial charge < -0.3 is 0 Å². The van der Waals surface area contributed by atoms with E-state index in [0.29, 0.717) is 23.2 Å². The summed E-state index contributed by atoms with van der Waals surface area (Å²) in [5.74, 6) is -0.122. The molecule has 140 valence electrons. The standard InChI is InChI=1S/C18H18Cl2N6O/c1-10-8-11(2)22-18(21-10)24-23-17(27)15-12(3)25-26(16(15)20)9-13-6-4-5-7-14(13)19/h4-8H,9H2,1-3H3,(H,23,27)(H,21,22,24). The van der Waals surface area contributed by atoms with Gasteiger partial charge in [0, 0.05) is 16.4 Å². The van der Waals surface area contributed by atoms with E-state index in [0.717, 1.165) is 17.0 Å². The molecule has 2 aromatic heterocycles. The summed E-state index contributed by atoms with van der Waals surface area (Å²) >= 11 is 12.6. The number of carbonyl (C=O) groups excluding carboxylic acids is 1. The molecule has 0 aliphatic rings. The Morgan fingerprint density at radius 2 is 1.78 bits per heavy atom. The van der Waals surface area contributed by atoms with E-state index in [2.05, 4.69) is 25.9 Å². The molecule has 1 amide bonds. The minimum atomic E-state index is -0.425. The number of benzene rings is 1. The number of hydrogen-bond acceptors (Lipinski definition) is 5. The van der Waals surface area contributed by atoms with Gasteiger partial charge in [-0.15, -0.1) is 0 Å². The van der Waals surface area contributed by atoms with Crippen molar-refractivity contribution in [1.29, 1.82) is 0 Å². The second kappa shape index (κ2) is 7.94. The van der Waals surface area contributed by atoms with Gasteiger partial charge >= 0.3 is 0 Å². The predicted octanol–water partition coefficient (Wildman–Crippen LogP) is 3.71. The second-order valence-electron chi connectivity index (χ2n) is 6.05. The van der Waals surface area contributed by atoms with Crippen LogP contribution >= 0.6 is 23.2 Å². The smallest absolute Gasteiger partial charge is 0.267 e. The largest absolute Gasteiger partial charge is 0.274 e. The Morgan fingerprint density at radius 1 is 1.11 bits per heavy atom. The molecule has 0 aliphatic carbocycles. The lowest BCUT2D eigenvalue weighted by molar-refractivity contribution is 0.0961. The highest BCUT2D eigenvalue weighted by Gasteiger charge is 2.21. The Labute approximate surface area is 166 Å². The SMILES string of the molecule is Cc1cc(C)nc(NNC(=O)c2c(C)nn(Cc3ccccc3Cl)c2Cl)n1. The van der Waals surface area contributed by atoms with Crippen LogP contribution in [0.3, 0.4) is 0 Å². The molecule has 0 spiro atoms. The lowest BCUT2D eigenvalue weighted by Crippen LogP contribution is -2.31. The zero-order chi connectivity index (χ0) is 19.6. The van der Waals surface area contributed by atoms with Crippen molar-refractivity contribution in [2.45, 2.75) is 27.3 Å². The summed E-state index contributed by atoms with van der Waals surface area (Å²) in [7, 11) is 0. The van der Waals surface area contributed by atoms with Crippen LogP contribution in [0.25, 0.3) is 0 Å². The number of hydrazine groups is 1. The number of nitrogens with one attached hydrogen (secondary N) is 2. The number of amides is 1. The molecule has 3 rings (SSSR count). The van der Waals surface area contributed by atoms with Crippen LogP contribution in [-0.2, 0) is 6.54 Å². The van der Waals surface area contributed by atoms with Gasteiger partial charge in [0.25, 0.3) is 5.91 Å². The number of aromatic nitrogens is 4. The first-order chi connectivity index (χ1) is 12.8. The fourth-order valence-corrected chi connectivity index (χ4v) is 3.18. The summed E-state index contributed by atoms with van der Waals surface area (Å²) in [5, 5.41) is 5.20. The van der Waals surface area contributed by atoms with Crippen LogP contribution in [0.4, 0.5) is 5.95 Å². The van der Waals surface area contributed by atoms with E-state index in [1.165, 1.54) is 0 Å². The number of halogens is 2. The Bertz CT molecular complexity index is 981. The summed E-state index contributed by atoms with van der Waals surface area (Å²) in [6.45, 7) is 5.78. The Morgan fingerprint density at radius 3 is 2.44 bits per heavy atom. The number of nitrogens with zero attached hydrogens (tertiary/aromatic N) is 4. The maximum absolute atomic E-state index is 12.6. The summed E-state index contributed by atoms with van der Waals surface area (Å²) in [6, 6.07) is 9.25. The van der Waals surface area contributed by atoms with E-state index in [1.54, 1.807) is 17.7 Å². The Balaban J connectivity index is 1.77. The average molecular weight is 405 g/mol. The minimum Gasteiger partial charge on any atom is -0.267 e. The second-order valence-corrected chi connectivity index (χ2v) is 6.82. The van der Waals surface area contributed by atoms with Crippen molar-refractivity contribution in [2.24, 2.45) is 0 Å². The third kappa shape index (κ3) is 4.37. The minimum absolute atomic E-state index is 0.230. The van der Waals surface area contributed by atoms with Gasteiger partial charge in [0.2, 0.25) is 5.95 Å². The molecule has 3 aromatic rings. The molecule has 0 bridgehead atoms. The first-order valence-corrected chi connectivity index (χ1v) is 8.95. The number of rotatable bonds is 5. The zero-order valence-electron chi connectivity index (χ0n) is 15.0. The molecular formula is C18H18Cl2N6O. The molecule has 0 radical (unpaired) electrons. The van der Waals surface area contributed by atoms with Crippen LogP contribution < -0.4 is 10.9 Å². The van der Waals surface area contributed by atoms with Crippen LogP contribution in [0.2, 0.25) is 10.2 Å². The van der Waals surface area contributed by atoms with Gasteiger partial charge in [0.15, 0.2) is 0 Å². The molecule has 0 saturated heterocycles. The third-order valence-electron chi connectivity index (χ3n) is 3.84. The zero-order valence-corrected chi connectivity index (χ0v) is 16.6. The van der Waals surface area contributed by atoms with E-state index in [-0.39, 0.29) is 10.7 Å². The fourth-order valence-electron chi connectivity index (χ4n) is 2.66. The molecule has 0 aliphatic heterocycles. The topological polar surface area (TPSA) is 84.7 Å². The van der Waals surface area contributed by atoms with Crippen LogP contribution in [0, 0.1) is 20.8 Å². The molecule has 2 N–H and O–H groups in total. The third-order valence-corrected chi connectivity index (χ3v) is 4.59. The Kier molecular flexibility index (Phi) is 5.62. The lowest BCUT2D eigenvalue weighted by Gasteiger charge is -2.08. The molecule has 0 unspecified atom stereocenters. The molecule has 9 heteroatoms. The first-order valence-electron chi connectivity index (χ1n) is 8.20. The quantitative estimate of drug-likeness (QED) is 0.633. The summed E-state index contributed by atoms with van der Waals surface area (Å²) in [6.07, 6.45) is 0. The van der Waals surface area contributed by atoms with Crippen LogP contribution in [0.1, 0.15) is 33.0 Å². The number of hydrogen-bond donors (Lipinski definition) is 2. The van der Waals surface area contributed by atoms with Crippen molar-refractivity contribution in [3.05, 3.63) is 68.7 Å². The molecule has 0 saturated carbocycles. The molecule has 27 heavy (non-hydrogen) atoms. The van der Waals surface area contributed by atoms with Crippen LogP contribution in [0.15, 0.2) is 30.3 Å². The van der Waals surface area contributed by atoms with Gasteiger partial charge in [0.1, 0.15) is 10.7 Å². The van der Waals surface area contributed by atoms with Gasteiger partial charge in [0.05, 0.1) is 12.2 Å². The van der Waals surface area contributed by atoms with E-state index in [4.69, 9.17) is 23.2 Å². The van der Waals surface area contributed by atoms with Crippen molar-refractivity contribution < 1.29 is 4.79 Å². The fraction of sp³-hybridized carbons (Fsp3) is 0.222. The summed E-state index contributed by atoms with van der Waals surface area (Å²) in [5.41, 5.74) is 8.50. The first kappa shape index (κ1) is 19.1. The van der Waals surface area contributed by atoms with Crippen molar-refractivity contribution >= 4 is 35.1 Å². The van der Waals surface area contributed by atoms with Gasteiger partial charge in [-0.1, -0.05) is 41.4 Å². The highest BCUT2D eigenvalue weighted by Crippen LogP contribution is 2.23. The van der Waals surface area contributed by atoms with Gasteiger partial charge in [-0.05, 0) is 38.5 Å².